The number of rotatable bonds is 7. The Bertz CT molecular complexity index is 945. The van der Waals surface area contributed by atoms with Gasteiger partial charge in [-0.3, -0.25) is 4.90 Å². The molecule has 0 bridgehead atoms. The zero-order valence-corrected chi connectivity index (χ0v) is 15.9. The highest BCUT2D eigenvalue weighted by molar-refractivity contribution is 5.83. The van der Waals surface area contributed by atoms with Crippen LogP contribution in [-0.4, -0.2) is 16.0 Å². The number of para-hydroxylation sites is 1. The van der Waals surface area contributed by atoms with Crippen LogP contribution in [0.2, 0.25) is 0 Å². The molecule has 0 amide bonds. The third kappa shape index (κ3) is 4.29. The van der Waals surface area contributed by atoms with Crippen molar-refractivity contribution in [1.82, 2.24) is 9.47 Å². The van der Waals surface area contributed by atoms with Crippen LogP contribution in [0, 0.1) is 0 Å². The fourth-order valence-corrected chi connectivity index (χ4v) is 3.80. The third-order valence-electron chi connectivity index (χ3n) is 5.17. The van der Waals surface area contributed by atoms with E-state index in [0.29, 0.717) is 0 Å². The second-order valence-electron chi connectivity index (χ2n) is 7.21. The molecule has 1 heterocycles. The Morgan fingerprint density at radius 3 is 1.89 bits per heavy atom. The Morgan fingerprint density at radius 2 is 1.26 bits per heavy atom. The van der Waals surface area contributed by atoms with Crippen molar-refractivity contribution in [2.24, 2.45) is 7.05 Å². The van der Waals surface area contributed by atoms with Gasteiger partial charge in [0.25, 0.3) is 0 Å². The molecule has 4 rings (SSSR count). The van der Waals surface area contributed by atoms with Crippen LogP contribution in [-0.2, 0) is 26.6 Å². The Balaban J connectivity index is 1.53. The second-order valence-corrected chi connectivity index (χ2v) is 7.21. The first kappa shape index (κ1) is 17.6. The average molecular weight is 354 g/mol. The summed E-state index contributed by atoms with van der Waals surface area (Å²) in [6, 6.07) is 30.2. The van der Waals surface area contributed by atoms with Crippen molar-refractivity contribution < 1.29 is 0 Å². The van der Waals surface area contributed by atoms with Crippen molar-refractivity contribution in [2.75, 3.05) is 6.54 Å². The van der Waals surface area contributed by atoms with Crippen LogP contribution < -0.4 is 0 Å². The van der Waals surface area contributed by atoms with E-state index in [4.69, 9.17) is 0 Å². The van der Waals surface area contributed by atoms with Gasteiger partial charge in [0.05, 0.1) is 0 Å². The minimum Gasteiger partial charge on any atom is -0.350 e. The van der Waals surface area contributed by atoms with Gasteiger partial charge in [-0.25, -0.2) is 0 Å². The molecule has 2 heteroatoms. The monoisotopic (exact) mass is 354 g/mol. The molecule has 2 nitrogen and oxygen atoms in total. The van der Waals surface area contributed by atoms with Crippen molar-refractivity contribution in [2.45, 2.75) is 19.5 Å². The number of fused-ring (bicyclic) bond motifs is 1. The molecule has 0 fully saturated rings. The first-order chi connectivity index (χ1) is 13.3. The van der Waals surface area contributed by atoms with Crippen LogP contribution in [0.3, 0.4) is 0 Å². The van der Waals surface area contributed by atoms with Gasteiger partial charge in [0.1, 0.15) is 0 Å². The van der Waals surface area contributed by atoms with Gasteiger partial charge in [-0.2, -0.15) is 0 Å². The Morgan fingerprint density at radius 1 is 0.704 bits per heavy atom. The maximum absolute atomic E-state index is 2.55. The molecule has 0 saturated carbocycles. The fraction of sp³-hybridized carbons (Fsp3) is 0.200. The smallest absolute Gasteiger partial charge is 0.0480 e. The summed E-state index contributed by atoms with van der Waals surface area (Å²) in [6.07, 6.45) is 3.34. The van der Waals surface area contributed by atoms with Crippen molar-refractivity contribution in [3.8, 4) is 0 Å². The summed E-state index contributed by atoms with van der Waals surface area (Å²) in [5, 5.41) is 1.37. The topological polar surface area (TPSA) is 8.17 Å². The number of nitrogens with zero attached hydrogens (tertiary/aromatic N) is 2. The lowest BCUT2D eigenvalue weighted by atomic mass is 10.1. The van der Waals surface area contributed by atoms with Crippen molar-refractivity contribution >= 4 is 10.9 Å². The highest BCUT2D eigenvalue weighted by atomic mass is 15.1. The number of aromatic nitrogens is 1. The summed E-state index contributed by atoms with van der Waals surface area (Å²) >= 11 is 0. The van der Waals surface area contributed by atoms with E-state index in [1.165, 1.54) is 27.6 Å². The SMILES string of the molecule is Cn1cc(CCN(Cc2ccccc2)Cc2ccccc2)c2ccccc21. The van der Waals surface area contributed by atoms with E-state index in [2.05, 4.69) is 108 Å². The van der Waals surface area contributed by atoms with E-state index in [0.717, 1.165) is 26.1 Å². The van der Waals surface area contributed by atoms with Gasteiger partial charge in [-0.15, -0.1) is 0 Å². The van der Waals surface area contributed by atoms with Gasteiger partial charge in [0, 0.05) is 43.8 Å². The first-order valence-electron chi connectivity index (χ1n) is 9.63. The summed E-state index contributed by atoms with van der Waals surface area (Å²) < 4.78 is 2.24. The van der Waals surface area contributed by atoms with E-state index in [-0.39, 0.29) is 0 Å². The molecule has 0 atom stereocenters. The standard InChI is InChI=1S/C25H26N2/c1-26-20-23(24-14-8-9-15-25(24)26)16-17-27(18-21-10-4-2-5-11-21)19-22-12-6-3-7-13-22/h2-15,20H,16-19H2,1H3. The van der Waals surface area contributed by atoms with Crippen LogP contribution in [0.5, 0.6) is 0 Å². The molecule has 0 spiro atoms. The predicted molar refractivity (Wildman–Crippen MR) is 114 cm³/mol. The Hall–Kier alpha value is -2.84. The van der Waals surface area contributed by atoms with Gasteiger partial charge in [-0.1, -0.05) is 78.9 Å². The molecule has 4 aromatic rings. The van der Waals surface area contributed by atoms with E-state index in [1.807, 2.05) is 0 Å². The number of benzene rings is 3. The van der Waals surface area contributed by atoms with Gasteiger partial charge < -0.3 is 4.57 Å². The minimum atomic E-state index is 0.973. The molecule has 27 heavy (non-hydrogen) atoms. The van der Waals surface area contributed by atoms with Crippen LogP contribution in [0.15, 0.2) is 91.1 Å². The highest BCUT2D eigenvalue weighted by Gasteiger charge is 2.11. The van der Waals surface area contributed by atoms with Crippen molar-refractivity contribution in [1.29, 1.82) is 0 Å². The molecule has 0 aliphatic heterocycles. The lowest BCUT2D eigenvalue weighted by Crippen LogP contribution is -2.25. The molecule has 0 N–H and O–H groups in total. The maximum Gasteiger partial charge on any atom is 0.0480 e. The van der Waals surface area contributed by atoms with E-state index >= 15 is 0 Å². The summed E-state index contributed by atoms with van der Waals surface area (Å²) in [5.41, 5.74) is 5.47. The summed E-state index contributed by atoms with van der Waals surface area (Å²) in [6.45, 7) is 2.98. The number of hydrogen-bond acceptors (Lipinski definition) is 1. The van der Waals surface area contributed by atoms with Gasteiger partial charge in [0.2, 0.25) is 0 Å². The quantitative estimate of drug-likeness (QED) is 0.430. The zero-order chi connectivity index (χ0) is 18.5. The molecule has 136 valence electrons. The maximum atomic E-state index is 2.55. The molecule has 0 aliphatic rings. The summed E-state index contributed by atoms with van der Waals surface area (Å²) in [4.78, 5) is 2.55. The number of hydrogen-bond donors (Lipinski definition) is 0. The molecule has 0 aliphatic carbocycles. The Labute approximate surface area is 161 Å². The predicted octanol–water partition coefficient (Wildman–Crippen LogP) is 5.42. The van der Waals surface area contributed by atoms with Crippen LogP contribution >= 0.6 is 0 Å². The first-order valence-corrected chi connectivity index (χ1v) is 9.63. The molecular weight excluding hydrogens is 328 g/mol. The van der Waals surface area contributed by atoms with E-state index < -0.39 is 0 Å². The second kappa shape index (κ2) is 8.24. The normalized spacial score (nSPS) is 11.3. The minimum absolute atomic E-state index is 0.973. The fourth-order valence-electron chi connectivity index (χ4n) is 3.80. The molecule has 0 saturated heterocycles. The van der Waals surface area contributed by atoms with Gasteiger partial charge >= 0.3 is 0 Å². The van der Waals surface area contributed by atoms with E-state index in [1.54, 1.807) is 0 Å². The molecule has 1 aromatic heterocycles. The average Bonchev–Trinajstić information content (AvgIpc) is 3.04. The summed E-state index contributed by atoms with van der Waals surface area (Å²) in [5.74, 6) is 0. The van der Waals surface area contributed by atoms with E-state index in [9.17, 15) is 0 Å². The summed E-state index contributed by atoms with van der Waals surface area (Å²) in [7, 11) is 2.14. The van der Waals surface area contributed by atoms with Gasteiger partial charge in [-0.05, 0) is 29.2 Å². The number of aryl methyl sites for hydroxylation is 1. The molecular formula is C25H26N2. The molecule has 3 aromatic carbocycles. The van der Waals surface area contributed by atoms with Crippen LogP contribution in [0.25, 0.3) is 10.9 Å². The lowest BCUT2D eigenvalue weighted by molar-refractivity contribution is 0.260. The lowest BCUT2D eigenvalue weighted by Gasteiger charge is -2.22. The molecule has 0 unspecified atom stereocenters. The van der Waals surface area contributed by atoms with Crippen LogP contribution in [0.4, 0.5) is 0 Å². The largest absolute Gasteiger partial charge is 0.350 e. The Kier molecular flexibility index (Phi) is 5.36. The zero-order valence-electron chi connectivity index (χ0n) is 15.9. The highest BCUT2D eigenvalue weighted by Crippen LogP contribution is 2.21. The molecule has 0 radical (unpaired) electrons. The van der Waals surface area contributed by atoms with Gasteiger partial charge in [0.15, 0.2) is 0 Å². The third-order valence-corrected chi connectivity index (χ3v) is 5.17. The van der Waals surface area contributed by atoms with Crippen molar-refractivity contribution in [3.63, 3.8) is 0 Å². The van der Waals surface area contributed by atoms with Crippen LogP contribution in [0.1, 0.15) is 16.7 Å². The van der Waals surface area contributed by atoms with Crippen molar-refractivity contribution in [3.05, 3.63) is 108 Å².